The first-order chi connectivity index (χ1) is 16.4. The maximum Gasteiger partial charge on any atom is 0.295 e. The van der Waals surface area contributed by atoms with Crippen LogP contribution in [0.2, 0.25) is 0 Å². The van der Waals surface area contributed by atoms with Crippen molar-refractivity contribution in [3.8, 4) is 11.5 Å². The van der Waals surface area contributed by atoms with E-state index in [-0.39, 0.29) is 11.3 Å². The van der Waals surface area contributed by atoms with E-state index in [1.165, 1.54) is 4.90 Å². The Bertz CT molecular complexity index is 1010. The number of carbonyl (C=O) groups excluding carboxylic acids is 2. The number of aliphatic hydroxyl groups is 1. The SMILES string of the molecule is CCOc1ccc(C2/C(=C(/O)c3ccc(OCC(C)C)cc3)C(=O)C(=O)N2CCCOC)cc1. The van der Waals surface area contributed by atoms with Crippen molar-refractivity contribution in [2.75, 3.05) is 33.5 Å². The van der Waals surface area contributed by atoms with Gasteiger partial charge in [-0.15, -0.1) is 0 Å². The van der Waals surface area contributed by atoms with E-state index in [2.05, 4.69) is 13.8 Å². The summed E-state index contributed by atoms with van der Waals surface area (Å²) in [4.78, 5) is 27.5. The van der Waals surface area contributed by atoms with Crippen molar-refractivity contribution in [1.29, 1.82) is 0 Å². The zero-order valence-corrected chi connectivity index (χ0v) is 20.2. The zero-order chi connectivity index (χ0) is 24.7. The van der Waals surface area contributed by atoms with Crippen molar-refractivity contribution >= 4 is 17.4 Å². The van der Waals surface area contributed by atoms with Gasteiger partial charge in [0.1, 0.15) is 17.3 Å². The quantitative estimate of drug-likeness (QED) is 0.225. The van der Waals surface area contributed by atoms with Crippen LogP contribution >= 0.6 is 0 Å². The summed E-state index contributed by atoms with van der Waals surface area (Å²) in [6.07, 6.45) is 0.568. The lowest BCUT2D eigenvalue weighted by Crippen LogP contribution is -2.31. The average molecular weight is 468 g/mol. The predicted molar refractivity (Wildman–Crippen MR) is 130 cm³/mol. The van der Waals surface area contributed by atoms with Gasteiger partial charge in [0.25, 0.3) is 11.7 Å². The summed E-state index contributed by atoms with van der Waals surface area (Å²) in [7, 11) is 1.59. The van der Waals surface area contributed by atoms with Crippen LogP contribution in [-0.4, -0.2) is 55.2 Å². The first kappa shape index (κ1) is 25.3. The topological polar surface area (TPSA) is 85.3 Å². The van der Waals surface area contributed by atoms with Gasteiger partial charge in [0.2, 0.25) is 0 Å². The van der Waals surface area contributed by atoms with Crippen LogP contribution in [0, 0.1) is 5.92 Å². The van der Waals surface area contributed by atoms with Crippen LogP contribution in [-0.2, 0) is 14.3 Å². The number of amides is 1. The molecule has 3 rings (SSSR count). The van der Waals surface area contributed by atoms with Gasteiger partial charge in [-0.2, -0.15) is 0 Å². The fraction of sp³-hybridized carbons (Fsp3) is 0.407. The number of carbonyl (C=O) groups is 2. The molecule has 1 unspecified atom stereocenters. The molecule has 1 amide bonds. The number of Topliss-reactive ketones (excluding diaryl/α,β-unsaturated/α-hetero) is 1. The third-order valence-electron chi connectivity index (χ3n) is 5.51. The molecule has 1 aliphatic heterocycles. The Kier molecular flexibility index (Phi) is 8.71. The lowest BCUT2D eigenvalue weighted by Gasteiger charge is -2.25. The first-order valence-corrected chi connectivity index (χ1v) is 11.6. The van der Waals surface area contributed by atoms with E-state index in [1.54, 1.807) is 43.5 Å². The average Bonchev–Trinajstić information content (AvgIpc) is 3.08. The Morgan fingerprint density at radius 2 is 1.62 bits per heavy atom. The molecule has 1 saturated heterocycles. The van der Waals surface area contributed by atoms with Crippen LogP contribution in [0.5, 0.6) is 11.5 Å². The molecule has 1 aliphatic rings. The minimum atomic E-state index is -0.704. The Morgan fingerprint density at radius 3 is 2.21 bits per heavy atom. The van der Waals surface area contributed by atoms with Crippen LogP contribution in [0.25, 0.3) is 5.76 Å². The van der Waals surface area contributed by atoms with Gasteiger partial charge in [-0.25, -0.2) is 0 Å². The molecule has 2 aromatic rings. The second-order valence-corrected chi connectivity index (χ2v) is 8.57. The Morgan fingerprint density at radius 1 is 1.00 bits per heavy atom. The van der Waals surface area contributed by atoms with Crippen molar-refractivity contribution in [2.24, 2.45) is 5.92 Å². The fourth-order valence-corrected chi connectivity index (χ4v) is 3.88. The third kappa shape index (κ3) is 5.78. The molecule has 0 saturated carbocycles. The summed E-state index contributed by atoms with van der Waals surface area (Å²) >= 11 is 0. The highest BCUT2D eigenvalue weighted by molar-refractivity contribution is 6.46. The highest BCUT2D eigenvalue weighted by Crippen LogP contribution is 2.40. The number of aliphatic hydroxyl groups excluding tert-OH is 1. The number of ether oxygens (including phenoxy) is 3. The van der Waals surface area contributed by atoms with Gasteiger partial charge in [-0.05, 0) is 61.2 Å². The van der Waals surface area contributed by atoms with E-state index < -0.39 is 17.7 Å². The zero-order valence-electron chi connectivity index (χ0n) is 20.2. The molecule has 34 heavy (non-hydrogen) atoms. The van der Waals surface area contributed by atoms with Crippen LogP contribution in [0.3, 0.4) is 0 Å². The second-order valence-electron chi connectivity index (χ2n) is 8.57. The Balaban J connectivity index is 1.99. The normalized spacial score (nSPS) is 17.4. The minimum Gasteiger partial charge on any atom is -0.507 e. The molecule has 2 aromatic carbocycles. The van der Waals surface area contributed by atoms with E-state index in [0.29, 0.717) is 55.8 Å². The lowest BCUT2D eigenvalue weighted by molar-refractivity contribution is -0.140. The number of likely N-dealkylation sites (tertiary alicyclic amines) is 1. The van der Waals surface area contributed by atoms with E-state index in [9.17, 15) is 14.7 Å². The summed E-state index contributed by atoms with van der Waals surface area (Å²) in [6, 6.07) is 13.4. The van der Waals surface area contributed by atoms with Gasteiger partial charge in [0, 0.05) is 25.8 Å². The predicted octanol–water partition coefficient (Wildman–Crippen LogP) is 4.58. The second kappa shape index (κ2) is 11.7. The number of methoxy groups -OCH3 is 1. The van der Waals surface area contributed by atoms with Gasteiger partial charge in [-0.3, -0.25) is 9.59 Å². The molecule has 1 heterocycles. The number of rotatable bonds is 11. The molecule has 1 N–H and O–H groups in total. The van der Waals surface area contributed by atoms with Crippen molar-refractivity contribution in [3.63, 3.8) is 0 Å². The van der Waals surface area contributed by atoms with E-state index in [0.717, 1.165) is 5.56 Å². The summed E-state index contributed by atoms with van der Waals surface area (Å²) in [6.45, 7) is 7.92. The van der Waals surface area contributed by atoms with Crippen LogP contribution < -0.4 is 9.47 Å². The van der Waals surface area contributed by atoms with Crippen molar-refractivity contribution in [2.45, 2.75) is 33.2 Å². The molecule has 0 spiro atoms. The molecule has 182 valence electrons. The number of benzene rings is 2. The van der Waals surface area contributed by atoms with E-state index in [1.807, 2.05) is 19.1 Å². The summed E-state index contributed by atoms with van der Waals surface area (Å²) in [5.74, 6) is 0.216. The molecule has 7 nitrogen and oxygen atoms in total. The maximum atomic E-state index is 13.1. The fourth-order valence-electron chi connectivity index (χ4n) is 3.88. The molecule has 0 radical (unpaired) electrons. The summed E-state index contributed by atoms with van der Waals surface area (Å²) in [5, 5.41) is 11.2. The van der Waals surface area contributed by atoms with Gasteiger partial charge in [0.15, 0.2) is 0 Å². The Labute approximate surface area is 200 Å². The van der Waals surface area contributed by atoms with Crippen LogP contribution in [0.4, 0.5) is 0 Å². The van der Waals surface area contributed by atoms with Gasteiger partial charge >= 0.3 is 0 Å². The van der Waals surface area contributed by atoms with Crippen LogP contribution in [0.1, 0.15) is 44.4 Å². The third-order valence-corrected chi connectivity index (χ3v) is 5.51. The van der Waals surface area contributed by atoms with Gasteiger partial charge in [-0.1, -0.05) is 26.0 Å². The van der Waals surface area contributed by atoms with Gasteiger partial charge in [0.05, 0.1) is 24.8 Å². The number of ketones is 1. The first-order valence-electron chi connectivity index (χ1n) is 11.6. The van der Waals surface area contributed by atoms with Crippen molar-refractivity contribution in [1.82, 2.24) is 4.90 Å². The molecule has 1 atom stereocenters. The standard InChI is InChI=1S/C27H33NO6/c1-5-33-21-11-7-19(8-12-21)24-23(26(30)27(31)28(24)15-6-16-32-4)25(29)20-9-13-22(14-10-20)34-17-18(2)3/h7-14,18,24,29H,5-6,15-17H2,1-4H3/b25-23-. The molecule has 7 heteroatoms. The number of hydrogen-bond donors (Lipinski definition) is 1. The van der Waals surface area contributed by atoms with E-state index in [4.69, 9.17) is 14.2 Å². The van der Waals surface area contributed by atoms with Crippen molar-refractivity contribution in [3.05, 3.63) is 65.2 Å². The number of hydrogen-bond acceptors (Lipinski definition) is 6. The molecular formula is C27H33NO6. The Hall–Kier alpha value is -3.32. The molecule has 0 aromatic heterocycles. The summed E-state index contributed by atoms with van der Waals surface area (Å²) in [5.41, 5.74) is 1.24. The van der Waals surface area contributed by atoms with Gasteiger partial charge < -0.3 is 24.2 Å². The molecule has 0 aliphatic carbocycles. The summed E-state index contributed by atoms with van der Waals surface area (Å²) < 4.78 is 16.4. The highest BCUT2D eigenvalue weighted by Gasteiger charge is 2.45. The monoisotopic (exact) mass is 467 g/mol. The minimum absolute atomic E-state index is 0.0717. The highest BCUT2D eigenvalue weighted by atomic mass is 16.5. The number of nitrogens with zero attached hydrogens (tertiary/aromatic N) is 1. The molecule has 0 bridgehead atoms. The van der Waals surface area contributed by atoms with E-state index >= 15 is 0 Å². The molecule has 1 fully saturated rings. The largest absolute Gasteiger partial charge is 0.507 e. The van der Waals surface area contributed by atoms with Crippen LogP contribution in [0.15, 0.2) is 54.1 Å². The molecular weight excluding hydrogens is 434 g/mol. The lowest BCUT2D eigenvalue weighted by atomic mass is 9.95. The smallest absolute Gasteiger partial charge is 0.295 e. The van der Waals surface area contributed by atoms with Crippen molar-refractivity contribution < 1.29 is 28.9 Å². The maximum absolute atomic E-state index is 13.1.